The third-order valence-electron chi connectivity index (χ3n) is 4.57. The Morgan fingerprint density at radius 2 is 2.35 bits per heavy atom. The van der Waals surface area contributed by atoms with E-state index in [0.29, 0.717) is 5.92 Å². The summed E-state index contributed by atoms with van der Waals surface area (Å²) in [6.45, 7) is 6.91. The maximum absolute atomic E-state index is 12.8. The topological polar surface area (TPSA) is 52.6 Å². The van der Waals surface area contributed by atoms with Gasteiger partial charge in [0.05, 0.1) is 18.1 Å². The zero-order chi connectivity index (χ0) is 12.5. The average molecular weight is 240 g/mol. The minimum absolute atomic E-state index is 0.0544. The first kappa shape index (κ1) is 12.8. The maximum Gasteiger partial charge on any atom is 0.230 e. The Morgan fingerprint density at radius 1 is 1.59 bits per heavy atom. The fraction of sp³-hybridized carbons (Fsp3) is 0.923. The smallest absolute Gasteiger partial charge is 0.230 e. The molecular formula is C13H24N2O2. The molecule has 0 aromatic heterocycles. The van der Waals surface area contributed by atoms with Gasteiger partial charge in [-0.3, -0.25) is 4.79 Å². The van der Waals surface area contributed by atoms with Gasteiger partial charge in [0, 0.05) is 13.1 Å². The van der Waals surface area contributed by atoms with E-state index in [-0.39, 0.29) is 24.0 Å². The van der Waals surface area contributed by atoms with Crippen LogP contribution in [0.4, 0.5) is 0 Å². The number of hydrogen-bond donors (Lipinski definition) is 2. The number of nitrogens with one attached hydrogen (secondary N) is 1. The molecule has 2 saturated heterocycles. The molecule has 2 rings (SSSR count). The first-order chi connectivity index (χ1) is 8.12. The SMILES string of the molecule is CC(C)C1(C(=O)N2CCC[C@@H]2CO)CCNC1. The van der Waals surface area contributed by atoms with Crippen LogP contribution in [0, 0.1) is 11.3 Å². The standard InChI is InChI=1S/C13H24N2O2/c1-10(2)13(5-6-14-9-13)12(17)15-7-3-4-11(15)8-16/h10-11,14,16H,3-9H2,1-2H3/t11-,13?/m1/s1. The average Bonchev–Trinajstić information content (AvgIpc) is 2.97. The van der Waals surface area contributed by atoms with E-state index >= 15 is 0 Å². The molecule has 2 aliphatic heterocycles. The number of likely N-dealkylation sites (tertiary alicyclic amines) is 1. The van der Waals surface area contributed by atoms with Crippen molar-refractivity contribution in [1.29, 1.82) is 0 Å². The van der Waals surface area contributed by atoms with E-state index in [4.69, 9.17) is 0 Å². The van der Waals surface area contributed by atoms with Crippen molar-refractivity contribution >= 4 is 5.91 Å². The van der Waals surface area contributed by atoms with E-state index in [1.54, 1.807) is 0 Å². The number of carbonyl (C=O) groups excluding carboxylic acids is 1. The van der Waals surface area contributed by atoms with Crippen LogP contribution in [0.3, 0.4) is 0 Å². The van der Waals surface area contributed by atoms with E-state index < -0.39 is 0 Å². The molecule has 0 aromatic carbocycles. The zero-order valence-electron chi connectivity index (χ0n) is 10.9. The lowest BCUT2D eigenvalue weighted by Gasteiger charge is -2.37. The summed E-state index contributed by atoms with van der Waals surface area (Å²) >= 11 is 0. The maximum atomic E-state index is 12.8. The van der Waals surface area contributed by atoms with Gasteiger partial charge in [-0.1, -0.05) is 13.8 Å². The van der Waals surface area contributed by atoms with Crippen molar-refractivity contribution in [1.82, 2.24) is 10.2 Å². The second-order valence-corrected chi connectivity index (χ2v) is 5.71. The van der Waals surface area contributed by atoms with E-state index in [2.05, 4.69) is 19.2 Å². The number of amides is 1. The van der Waals surface area contributed by atoms with E-state index in [9.17, 15) is 9.90 Å². The van der Waals surface area contributed by atoms with Crippen LogP contribution in [0.15, 0.2) is 0 Å². The quantitative estimate of drug-likeness (QED) is 0.760. The fourth-order valence-electron chi connectivity index (χ4n) is 3.21. The highest BCUT2D eigenvalue weighted by atomic mass is 16.3. The zero-order valence-corrected chi connectivity index (χ0v) is 10.9. The molecule has 98 valence electrons. The third kappa shape index (κ3) is 2.08. The Bertz CT molecular complexity index is 285. The Hall–Kier alpha value is -0.610. The van der Waals surface area contributed by atoms with Crippen molar-refractivity contribution in [3.8, 4) is 0 Å². The second kappa shape index (κ2) is 4.94. The Morgan fingerprint density at radius 3 is 2.88 bits per heavy atom. The highest BCUT2D eigenvalue weighted by molar-refractivity contribution is 5.84. The normalized spacial score (nSPS) is 33.6. The summed E-state index contributed by atoms with van der Waals surface area (Å²) in [4.78, 5) is 14.7. The molecular weight excluding hydrogens is 216 g/mol. The largest absolute Gasteiger partial charge is 0.394 e. The molecule has 0 aliphatic carbocycles. The van der Waals surface area contributed by atoms with Crippen LogP contribution < -0.4 is 5.32 Å². The molecule has 1 unspecified atom stereocenters. The molecule has 0 aromatic rings. The minimum atomic E-state index is -0.238. The lowest BCUT2D eigenvalue weighted by atomic mass is 9.75. The number of hydrogen-bond acceptors (Lipinski definition) is 3. The molecule has 4 heteroatoms. The number of nitrogens with zero attached hydrogens (tertiary/aromatic N) is 1. The Balaban J connectivity index is 2.17. The van der Waals surface area contributed by atoms with Gasteiger partial charge in [0.25, 0.3) is 0 Å². The van der Waals surface area contributed by atoms with Crippen molar-refractivity contribution < 1.29 is 9.90 Å². The third-order valence-corrected chi connectivity index (χ3v) is 4.57. The minimum Gasteiger partial charge on any atom is -0.394 e. The molecule has 2 fully saturated rings. The number of carbonyl (C=O) groups is 1. The van der Waals surface area contributed by atoms with Crippen LogP contribution in [0.2, 0.25) is 0 Å². The summed E-state index contributed by atoms with van der Waals surface area (Å²) in [6.07, 6.45) is 2.90. The molecule has 4 nitrogen and oxygen atoms in total. The van der Waals surface area contributed by atoms with Crippen molar-refractivity contribution in [3.63, 3.8) is 0 Å². The van der Waals surface area contributed by atoms with Crippen LogP contribution in [0.25, 0.3) is 0 Å². The summed E-state index contributed by atoms with van der Waals surface area (Å²) in [5.41, 5.74) is -0.238. The first-order valence-corrected chi connectivity index (χ1v) is 6.74. The highest BCUT2D eigenvalue weighted by Gasteiger charge is 2.47. The number of aliphatic hydroxyl groups excluding tert-OH is 1. The molecule has 2 N–H and O–H groups in total. The summed E-state index contributed by atoms with van der Waals surface area (Å²) < 4.78 is 0. The van der Waals surface area contributed by atoms with E-state index in [1.807, 2.05) is 4.90 Å². The van der Waals surface area contributed by atoms with Crippen molar-refractivity contribution in [3.05, 3.63) is 0 Å². The molecule has 0 radical (unpaired) electrons. The van der Waals surface area contributed by atoms with Crippen LogP contribution >= 0.6 is 0 Å². The highest BCUT2D eigenvalue weighted by Crippen LogP contribution is 2.38. The van der Waals surface area contributed by atoms with Crippen LogP contribution in [0.1, 0.15) is 33.1 Å². The van der Waals surface area contributed by atoms with Crippen LogP contribution in [-0.4, -0.2) is 48.2 Å². The molecule has 1 amide bonds. The van der Waals surface area contributed by atoms with E-state index in [1.165, 1.54) is 0 Å². The molecule has 2 heterocycles. The lowest BCUT2D eigenvalue weighted by Crippen LogP contribution is -2.50. The van der Waals surface area contributed by atoms with Crippen molar-refractivity contribution in [2.75, 3.05) is 26.2 Å². The first-order valence-electron chi connectivity index (χ1n) is 6.74. The summed E-state index contributed by atoms with van der Waals surface area (Å²) in [6, 6.07) is 0.0544. The van der Waals surface area contributed by atoms with Crippen molar-refractivity contribution in [2.45, 2.75) is 39.2 Å². The summed E-state index contributed by atoms with van der Waals surface area (Å²) in [5, 5.41) is 12.7. The van der Waals surface area contributed by atoms with E-state index in [0.717, 1.165) is 38.9 Å². The lowest BCUT2D eigenvalue weighted by molar-refractivity contribution is -0.145. The Labute approximate surface area is 103 Å². The predicted molar refractivity (Wildman–Crippen MR) is 66.6 cm³/mol. The summed E-state index contributed by atoms with van der Waals surface area (Å²) in [7, 11) is 0. The van der Waals surface area contributed by atoms with Gasteiger partial charge >= 0.3 is 0 Å². The molecule has 0 spiro atoms. The van der Waals surface area contributed by atoms with Gasteiger partial charge in [0.2, 0.25) is 5.91 Å². The number of rotatable bonds is 3. The number of aliphatic hydroxyl groups is 1. The van der Waals surface area contributed by atoms with Crippen molar-refractivity contribution in [2.24, 2.45) is 11.3 Å². The van der Waals surface area contributed by atoms with Gasteiger partial charge in [-0.15, -0.1) is 0 Å². The molecule has 0 saturated carbocycles. The van der Waals surface area contributed by atoms with Gasteiger partial charge in [0.1, 0.15) is 0 Å². The van der Waals surface area contributed by atoms with Gasteiger partial charge in [-0.05, 0) is 31.7 Å². The fourth-order valence-corrected chi connectivity index (χ4v) is 3.21. The van der Waals surface area contributed by atoms with Crippen LogP contribution in [0.5, 0.6) is 0 Å². The molecule has 2 aliphatic rings. The Kier molecular flexibility index (Phi) is 3.73. The van der Waals surface area contributed by atoms with Gasteiger partial charge in [-0.2, -0.15) is 0 Å². The molecule has 2 atom stereocenters. The van der Waals surface area contributed by atoms with Crippen LogP contribution in [-0.2, 0) is 4.79 Å². The molecule has 17 heavy (non-hydrogen) atoms. The summed E-state index contributed by atoms with van der Waals surface area (Å²) in [5.74, 6) is 0.610. The second-order valence-electron chi connectivity index (χ2n) is 5.71. The monoisotopic (exact) mass is 240 g/mol. The predicted octanol–water partition coefficient (Wildman–Crippen LogP) is 0.605. The van der Waals surface area contributed by atoms with Gasteiger partial charge in [-0.25, -0.2) is 0 Å². The van der Waals surface area contributed by atoms with Gasteiger partial charge < -0.3 is 15.3 Å². The van der Waals surface area contributed by atoms with Gasteiger partial charge in [0.15, 0.2) is 0 Å². The molecule has 0 bridgehead atoms.